The molecule has 3 aliphatic heterocycles. The number of ether oxygens (including phenoxy) is 3. The molecule has 2 atom stereocenters. The van der Waals surface area contributed by atoms with Crippen molar-refractivity contribution in [3.8, 4) is 11.5 Å². The molecule has 14 heteroatoms. The van der Waals surface area contributed by atoms with Crippen LogP contribution in [0.5, 0.6) is 11.5 Å². The predicted molar refractivity (Wildman–Crippen MR) is 173 cm³/mol. The van der Waals surface area contributed by atoms with Gasteiger partial charge in [0.25, 0.3) is 0 Å². The molecule has 0 aliphatic carbocycles. The molecule has 48 heavy (non-hydrogen) atoms. The van der Waals surface area contributed by atoms with Gasteiger partial charge in [-0.05, 0) is 81.8 Å². The molecule has 3 aliphatic rings. The maximum absolute atomic E-state index is 13.2. The van der Waals surface area contributed by atoms with Crippen LogP contribution in [-0.2, 0) is 32.1 Å². The Balaban J connectivity index is 1.09. The first-order valence-corrected chi connectivity index (χ1v) is 16.2. The predicted octanol–water partition coefficient (Wildman–Crippen LogP) is 3.49. The van der Waals surface area contributed by atoms with E-state index < -0.39 is 35.6 Å². The molecule has 0 aromatic heterocycles. The van der Waals surface area contributed by atoms with Crippen LogP contribution in [0.15, 0.2) is 42.5 Å². The second-order valence-corrected chi connectivity index (χ2v) is 13.2. The summed E-state index contributed by atoms with van der Waals surface area (Å²) in [5.74, 6) is -0.884. The van der Waals surface area contributed by atoms with Crippen molar-refractivity contribution in [1.82, 2.24) is 20.4 Å². The van der Waals surface area contributed by atoms with Gasteiger partial charge < -0.3 is 45.1 Å². The van der Waals surface area contributed by atoms with Gasteiger partial charge in [0.2, 0.25) is 18.6 Å². The molecular weight excluding hydrogens is 622 g/mol. The van der Waals surface area contributed by atoms with Crippen LogP contribution in [-0.4, -0.2) is 88.9 Å². The van der Waals surface area contributed by atoms with E-state index in [2.05, 4.69) is 16.0 Å². The van der Waals surface area contributed by atoms with Crippen LogP contribution in [0.1, 0.15) is 57.6 Å². The van der Waals surface area contributed by atoms with Crippen molar-refractivity contribution in [3.63, 3.8) is 0 Å². The maximum atomic E-state index is 13.2. The molecule has 2 aromatic rings. The van der Waals surface area contributed by atoms with E-state index in [1.165, 1.54) is 4.90 Å². The van der Waals surface area contributed by atoms with E-state index >= 15 is 0 Å². The van der Waals surface area contributed by atoms with Crippen molar-refractivity contribution < 1.29 is 43.3 Å². The third kappa shape index (κ3) is 8.87. The average Bonchev–Trinajstić information content (AvgIpc) is 3.73. The molecule has 2 saturated heterocycles. The summed E-state index contributed by atoms with van der Waals surface area (Å²) in [5, 5.41) is 18.2. The normalized spacial score (nSPS) is 18.2. The van der Waals surface area contributed by atoms with Gasteiger partial charge in [0.05, 0.1) is 0 Å². The summed E-state index contributed by atoms with van der Waals surface area (Å²) in [6.07, 6.45) is 1.70. The fraction of sp³-hybridized carbons (Fsp3) is 0.500. The molecule has 0 saturated carbocycles. The number of amides is 5. The number of rotatable bonds is 9. The molecule has 5 amide bonds. The number of urea groups is 1. The van der Waals surface area contributed by atoms with Crippen molar-refractivity contribution in [2.75, 3.05) is 31.7 Å². The highest BCUT2D eigenvalue weighted by molar-refractivity contribution is 5.93. The lowest BCUT2D eigenvalue weighted by molar-refractivity contribution is -0.142. The summed E-state index contributed by atoms with van der Waals surface area (Å²) in [5.41, 5.74) is 1.43. The Labute approximate surface area is 279 Å². The number of nitrogens with zero attached hydrogens (tertiary/aromatic N) is 2. The van der Waals surface area contributed by atoms with Gasteiger partial charge in [-0.15, -0.1) is 0 Å². The standard InChI is InChI=1S/C34H43N5O9/c1-34(2,3)48-33(45)38-15-12-23(13-16-38)29(40)36-24-9-6-21(7-10-24)17-25(31(42)43)37-30(41)26-5-4-14-39(26)32(44)35-19-22-8-11-27-28(18-22)47-20-46-27/h6-11,18,23,25-26H,4-5,12-17,19-20H2,1-3H3,(H,35,44)(H,36,40)(H,37,41)(H,42,43)/t25-,26-/m0/s1. The number of anilines is 1. The number of benzene rings is 2. The minimum absolute atomic E-state index is 0.0153. The van der Waals surface area contributed by atoms with Gasteiger partial charge in [0.15, 0.2) is 11.5 Å². The minimum Gasteiger partial charge on any atom is -0.480 e. The van der Waals surface area contributed by atoms with E-state index in [1.54, 1.807) is 41.3 Å². The Hall–Kier alpha value is -5.01. The van der Waals surface area contributed by atoms with Crippen LogP contribution in [0.4, 0.5) is 15.3 Å². The van der Waals surface area contributed by atoms with Crippen molar-refractivity contribution in [2.24, 2.45) is 5.92 Å². The topological polar surface area (TPSA) is 176 Å². The van der Waals surface area contributed by atoms with Crippen molar-refractivity contribution in [2.45, 2.75) is 77.1 Å². The summed E-state index contributed by atoms with van der Waals surface area (Å²) in [6.45, 7) is 7.04. The van der Waals surface area contributed by atoms with Crippen LogP contribution < -0.4 is 25.4 Å². The fourth-order valence-corrected chi connectivity index (χ4v) is 5.94. The van der Waals surface area contributed by atoms with Crippen LogP contribution in [0.25, 0.3) is 0 Å². The number of fused-ring (bicyclic) bond motifs is 1. The fourth-order valence-electron chi connectivity index (χ4n) is 5.94. The van der Waals surface area contributed by atoms with Crippen LogP contribution in [0.3, 0.4) is 0 Å². The first kappa shape index (κ1) is 34.3. The van der Waals surface area contributed by atoms with Gasteiger partial charge in [0.1, 0.15) is 17.7 Å². The lowest BCUT2D eigenvalue weighted by Gasteiger charge is -2.32. The zero-order valence-electron chi connectivity index (χ0n) is 27.5. The van der Waals surface area contributed by atoms with Gasteiger partial charge in [-0.1, -0.05) is 18.2 Å². The lowest BCUT2D eigenvalue weighted by atomic mass is 9.96. The highest BCUT2D eigenvalue weighted by Gasteiger charge is 2.36. The number of carbonyl (C=O) groups is 5. The second kappa shape index (κ2) is 14.8. The summed E-state index contributed by atoms with van der Waals surface area (Å²) >= 11 is 0. The molecule has 3 heterocycles. The Morgan fingerprint density at radius 1 is 0.917 bits per heavy atom. The van der Waals surface area contributed by atoms with E-state index in [0.717, 1.165) is 5.56 Å². The van der Waals surface area contributed by atoms with Crippen molar-refractivity contribution >= 4 is 35.6 Å². The van der Waals surface area contributed by atoms with Crippen LogP contribution in [0.2, 0.25) is 0 Å². The van der Waals surface area contributed by atoms with Gasteiger partial charge in [-0.3, -0.25) is 9.59 Å². The smallest absolute Gasteiger partial charge is 0.410 e. The van der Waals surface area contributed by atoms with E-state index in [4.69, 9.17) is 14.2 Å². The molecule has 2 fully saturated rings. The summed E-state index contributed by atoms with van der Waals surface area (Å²) in [4.78, 5) is 66.6. The Bertz CT molecular complexity index is 1520. The van der Waals surface area contributed by atoms with Crippen molar-refractivity contribution in [1.29, 1.82) is 0 Å². The Kier molecular flexibility index (Phi) is 10.6. The van der Waals surface area contributed by atoms with Crippen molar-refractivity contribution in [3.05, 3.63) is 53.6 Å². The molecule has 5 rings (SSSR count). The van der Waals surface area contributed by atoms with E-state index in [-0.39, 0.29) is 37.7 Å². The quantitative estimate of drug-likeness (QED) is 0.312. The number of hydrogen-bond acceptors (Lipinski definition) is 8. The number of aliphatic carboxylic acids is 1. The minimum atomic E-state index is -1.22. The van der Waals surface area contributed by atoms with Gasteiger partial charge >= 0.3 is 18.1 Å². The number of likely N-dealkylation sites (tertiary alicyclic amines) is 2. The van der Waals surface area contributed by atoms with Crippen LogP contribution >= 0.6 is 0 Å². The SMILES string of the molecule is CC(C)(C)OC(=O)N1CCC(C(=O)Nc2ccc(C[C@H](NC(=O)[C@@H]3CCCN3C(=O)NCc3ccc4c(c3)OCO4)C(=O)O)cc2)CC1. The summed E-state index contributed by atoms with van der Waals surface area (Å²) in [7, 11) is 0. The number of hydrogen-bond donors (Lipinski definition) is 4. The van der Waals surface area contributed by atoms with Gasteiger partial charge in [-0.2, -0.15) is 0 Å². The first-order valence-electron chi connectivity index (χ1n) is 16.2. The van der Waals surface area contributed by atoms with Gasteiger partial charge in [-0.25, -0.2) is 14.4 Å². The third-order valence-corrected chi connectivity index (χ3v) is 8.49. The lowest BCUT2D eigenvalue weighted by Crippen LogP contribution is -2.53. The number of nitrogens with one attached hydrogen (secondary N) is 3. The molecule has 0 spiro atoms. The van der Waals surface area contributed by atoms with E-state index in [0.29, 0.717) is 68.1 Å². The largest absolute Gasteiger partial charge is 0.480 e. The number of carboxylic acids is 1. The number of piperidine rings is 1. The second-order valence-electron chi connectivity index (χ2n) is 13.2. The highest BCUT2D eigenvalue weighted by Crippen LogP contribution is 2.32. The monoisotopic (exact) mass is 665 g/mol. The van der Waals surface area contributed by atoms with E-state index in [9.17, 15) is 29.1 Å². The average molecular weight is 666 g/mol. The number of carbonyl (C=O) groups excluding carboxylic acids is 4. The molecule has 14 nitrogen and oxygen atoms in total. The highest BCUT2D eigenvalue weighted by atomic mass is 16.7. The van der Waals surface area contributed by atoms with Gasteiger partial charge in [0, 0.05) is 44.2 Å². The van der Waals surface area contributed by atoms with Crippen LogP contribution in [0, 0.1) is 5.92 Å². The molecular formula is C34H43N5O9. The first-order chi connectivity index (χ1) is 22.9. The molecule has 258 valence electrons. The summed E-state index contributed by atoms with van der Waals surface area (Å²) < 4.78 is 16.1. The molecule has 2 aromatic carbocycles. The zero-order valence-corrected chi connectivity index (χ0v) is 27.5. The molecule has 0 radical (unpaired) electrons. The maximum Gasteiger partial charge on any atom is 0.410 e. The third-order valence-electron chi connectivity index (χ3n) is 8.49. The molecule has 4 N–H and O–H groups in total. The Morgan fingerprint density at radius 2 is 1.60 bits per heavy atom. The zero-order chi connectivity index (χ0) is 34.4. The van der Waals surface area contributed by atoms with E-state index in [1.807, 2.05) is 26.8 Å². The molecule has 0 unspecified atom stereocenters. The Morgan fingerprint density at radius 3 is 2.29 bits per heavy atom. The summed E-state index contributed by atoms with van der Waals surface area (Å²) in [6, 6.07) is 9.73. The molecule has 0 bridgehead atoms. The number of carboxylic acid groups (broad SMARTS) is 1.